The van der Waals surface area contributed by atoms with E-state index in [0.29, 0.717) is 0 Å². The Labute approximate surface area is 204 Å². The number of imidazole rings is 1. The number of carbonyl (C=O) groups excluding carboxylic acids is 1. The van der Waals surface area contributed by atoms with Gasteiger partial charge < -0.3 is 19.0 Å². The number of nitriles is 1. The van der Waals surface area contributed by atoms with Gasteiger partial charge in [0.1, 0.15) is 23.0 Å². The highest BCUT2D eigenvalue weighted by molar-refractivity contribution is 9.10. The predicted molar refractivity (Wildman–Crippen MR) is 117 cm³/mol. The van der Waals surface area contributed by atoms with E-state index in [4.69, 9.17) is 10.00 Å². The molecular formula is C22H18BrF4N3O5. The van der Waals surface area contributed by atoms with Gasteiger partial charge in [-0.15, -0.1) is 0 Å². The van der Waals surface area contributed by atoms with E-state index >= 15 is 0 Å². The Kier molecular flexibility index (Phi) is 9.59. The first-order valence-corrected chi connectivity index (χ1v) is 10.6. The molecule has 0 amide bonds. The molecule has 1 atom stereocenters. The van der Waals surface area contributed by atoms with Crippen molar-refractivity contribution in [2.24, 2.45) is 0 Å². The molecule has 0 fully saturated rings. The minimum absolute atomic E-state index is 0.0450. The van der Waals surface area contributed by atoms with E-state index in [9.17, 15) is 32.3 Å². The summed E-state index contributed by atoms with van der Waals surface area (Å²) in [6.07, 6.45) is 0.440. The lowest BCUT2D eigenvalue weighted by Gasteiger charge is -2.20. The average Bonchev–Trinajstić information content (AvgIpc) is 3.12. The van der Waals surface area contributed by atoms with Crippen molar-refractivity contribution in [2.75, 3.05) is 6.61 Å². The highest BCUT2D eigenvalue weighted by Crippen LogP contribution is 2.38. The van der Waals surface area contributed by atoms with Crippen LogP contribution < -0.4 is 4.74 Å². The first-order valence-electron chi connectivity index (χ1n) is 9.84. The van der Waals surface area contributed by atoms with Gasteiger partial charge >= 0.3 is 18.6 Å². The summed E-state index contributed by atoms with van der Waals surface area (Å²) in [6.45, 7) is -0.368. The lowest BCUT2D eigenvalue weighted by molar-refractivity contribution is -0.137. The van der Waals surface area contributed by atoms with Gasteiger partial charge in [0.2, 0.25) is 0 Å². The van der Waals surface area contributed by atoms with Crippen LogP contribution >= 0.6 is 15.9 Å². The summed E-state index contributed by atoms with van der Waals surface area (Å²) in [6, 6.07) is 5.36. The zero-order chi connectivity index (χ0) is 26.3. The van der Waals surface area contributed by atoms with Crippen LogP contribution in [0.25, 0.3) is 5.65 Å². The number of aromatic nitrogens is 2. The topological polar surface area (TPSA) is 114 Å². The van der Waals surface area contributed by atoms with Crippen LogP contribution in [-0.4, -0.2) is 39.6 Å². The highest BCUT2D eigenvalue weighted by Gasteiger charge is 2.32. The van der Waals surface area contributed by atoms with E-state index in [2.05, 4.69) is 25.7 Å². The largest absolute Gasteiger partial charge is 0.481 e. The van der Waals surface area contributed by atoms with Gasteiger partial charge in [-0.05, 0) is 41.1 Å². The number of alkyl halides is 2. The Bertz CT molecular complexity index is 1280. The predicted octanol–water partition coefficient (Wildman–Crippen LogP) is 5.29. The van der Waals surface area contributed by atoms with Gasteiger partial charge in [-0.25, -0.2) is 18.6 Å². The van der Waals surface area contributed by atoms with E-state index in [-0.39, 0.29) is 33.7 Å². The number of carbonyl (C=O) groups is 2. The molecule has 0 aliphatic heterocycles. The molecule has 2 aromatic heterocycles. The van der Waals surface area contributed by atoms with Crippen LogP contribution in [-0.2, 0) is 9.53 Å². The molecule has 0 aliphatic carbocycles. The molecule has 8 nitrogen and oxygen atoms in total. The maximum Gasteiger partial charge on any atom is 0.387 e. The minimum atomic E-state index is -3.28. The molecule has 13 heteroatoms. The number of nitrogens with zero attached hydrogens (tertiary/aromatic N) is 3. The third-order valence-electron chi connectivity index (χ3n) is 4.44. The van der Waals surface area contributed by atoms with Crippen molar-refractivity contribution in [1.82, 2.24) is 9.38 Å². The van der Waals surface area contributed by atoms with Gasteiger partial charge in [0, 0.05) is 30.7 Å². The van der Waals surface area contributed by atoms with Crippen LogP contribution in [0.2, 0.25) is 0 Å². The Morgan fingerprint density at radius 1 is 1.29 bits per heavy atom. The summed E-state index contributed by atoms with van der Waals surface area (Å²) in [5.74, 6) is -5.77. The third-order valence-corrected chi connectivity index (χ3v) is 5.03. The first kappa shape index (κ1) is 27.6. The summed E-state index contributed by atoms with van der Waals surface area (Å²) in [5, 5.41) is 16.8. The molecule has 2 heterocycles. The highest BCUT2D eigenvalue weighted by atomic mass is 79.9. The van der Waals surface area contributed by atoms with E-state index in [1.165, 1.54) is 24.4 Å². The Morgan fingerprint density at radius 3 is 2.51 bits per heavy atom. The van der Waals surface area contributed by atoms with Crippen LogP contribution in [0.1, 0.15) is 47.9 Å². The van der Waals surface area contributed by atoms with E-state index in [1.807, 2.05) is 0 Å². The maximum atomic E-state index is 14.1. The van der Waals surface area contributed by atoms with Gasteiger partial charge in [-0.2, -0.15) is 14.0 Å². The fourth-order valence-corrected chi connectivity index (χ4v) is 3.58. The lowest BCUT2D eigenvalue weighted by atomic mass is 9.90. The molecule has 1 aromatic carbocycles. The second-order valence-corrected chi connectivity index (χ2v) is 7.55. The van der Waals surface area contributed by atoms with E-state index < -0.39 is 48.3 Å². The average molecular weight is 560 g/mol. The summed E-state index contributed by atoms with van der Waals surface area (Å²) in [7, 11) is 0. The number of hydrogen-bond donors (Lipinski definition) is 1. The second kappa shape index (κ2) is 12.2. The van der Waals surface area contributed by atoms with Gasteiger partial charge in [0.15, 0.2) is 5.69 Å². The number of aliphatic carboxylic acids is 1. The Balaban J connectivity index is 0.00000137. The summed E-state index contributed by atoms with van der Waals surface area (Å²) in [4.78, 5) is 28.3. The number of hydrogen-bond acceptors (Lipinski definition) is 6. The number of rotatable bonds is 8. The lowest BCUT2D eigenvalue weighted by Crippen LogP contribution is -2.17. The first-order chi connectivity index (χ1) is 16.5. The fourth-order valence-electron chi connectivity index (χ4n) is 3.26. The molecule has 0 bridgehead atoms. The van der Waals surface area contributed by atoms with Crippen molar-refractivity contribution >= 4 is 33.5 Å². The minimum Gasteiger partial charge on any atom is -0.481 e. The fraction of sp³-hybridized carbons (Fsp3) is 0.273. The van der Waals surface area contributed by atoms with E-state index in [0.717, 1.165) is 24.3 Å². The SMILES string of the molecule is CC#N.CCOC(=O)c1nc2cc(F)c(Br)cn2c1C(CC(=O)O)c1cc(F)ccc1OC(F)F. The molecule has 0 saturated heterocycles. The molecular weight excluding hydrogens is 542 g/mol. The maximum absolute atomic E-state index is 14.1. The molecule has 0 spiro atoms. The molecule has 186 valence electrons. The summed E-state index contributed by atoms with van der Waals surface area (Å²) < 4.78 is 64.7. The van der Waals surface area contributed by atoms with Crippen LogP contribution in [0, 0.1) is 23.0 Å². The van der Waals surface area contributed by atoms with Crippen molar-refractivity contribution in [1.29, 1.82) is 5.26 Å². The van der Waals surface area contributed by atoms with Gasteiger partial charge in [-0.3, -0.25) is 4.79 Å². The molecule has 0 saturated carbocycles. The smallest absolute Gasteiger partial charge is 0.387 e. The van der Waals surface area contributed by atoms with Crippen molar-refractivity contribution in [3.05, 3.63) is 63.5 Å². The van der Waals surface area contributed by atoms with Crippen LogP contribution in [0.15, 0.2) is 34.9 Å². The number of carboxylic acids is 1. The number of pyridine rings is 1. The Morgan fingerprint density at radius 2 is 1.94 bits per heavy atom. The van der Waals surface area contributed by atoms with Gasteiger partial charge in [-0.1, -0.05) is 0 Å². The monoisotopic (exact) mass is 559 g/mol. The van der Waals surface area contributed by atoms with Gasteiger partial charge in [0.25, 0.3) is 0 Å². The van der Waals surface area contributed by atoms with Gasteiger partial charge in [0.05, 0.1) is 29.3 Å². The molecule has 3 aromatic rings. The van der Waals surface area contributed by atoms with Crippen molar-refractivity contribution in [2.45, 2.75) is 32.8 Å². The summed E-state index contributed by atoms with van der Waals surface area (Å²) in [5.41, 5.74) is -0.832. The molecule has 0 radical (unpaired) electrons. The number of ether oxygens (including phenoxy) is 2. The third kappa shape index (κ3) is 6.69. The van der Waals surface area contributed by atoms with Crippen molar-refractivity contribution in [3.63, 3.8) is 0 Å². The van der Waals surface area contributed by atoms with Crippen LogP contribution in [0.5, 0.6) is 5.75 Å². The van der Waals surface area contributed by atoms with Crippen LogP contribution in [0.4, 0.5) is 17.6 Å². The molecule has 35 heavy (non-hydrogen) atoms. The quantitative estimate of drug-likeness (QED) is 0.294. The standard InChI is InChI=1S/C20H15BrF4N2O5.C2H3N/c1-2-31-19(30)17-18(27-8-12(21)13(23)7-15(27)26-17)11(6-16(28)29)10-5-9(22)3-4-14(10)32-20(24)25;1-2-3/h3-5,7-8,11,20H,2,6H2,1H3,(H,28,29);1H3. The van der Waals surface area contributed by atoms with E-state index in [1.54, 1.807) is 6.07 Å². The molecule has 1 N–H and O–H groups in total. The summed E-state index contributed by atoms with van der Waals surface area (Å²) >= 11 is 3.00. The molecule has 0 aliphatic rings. The van der Waals surface area contributed by atoms with Crippen LogP contribution in [0.3, 0.4) is 0 Å². The van der Waals surface area contributed by atoms with Crippen molar-refractivity contribution < 1.29 is 41.7 Å². The number of carboxylic acid groups (broad SMARTS) is 1. The molecule has 3 rings (SSSR count). The number of esters is 1. The zero-order valence-corrected chi connectivity index (χ0v) is 19.9. The normalized spacial score (nSPS) is 11.4. The zero-order valence-electron chi connectivity index (χ0n) is 18.3. The van der Waals surface area contributed by atoms with Crippen molar-refractivity contribution in [3.8, 4) is 11.8 Å². The Hall–Kier alpha value is -3.66. The molecule has 1 unspecified atom stereocenters. The number of benzene rings is 1. The second-order valence-electron chi connectivity index (χ2n) is 6.70. The number of fused-ring (bicyclic) bond motifs is 1. The number of halogens is 5.